The third kappa shape index (κ3) is 5.38. The quantitative estimate of drug-likeness (QED) is 0.189. The van der Waals surface area contributed by atoms with Gasteiger partial charge in [-0.2, -0.15) is 0 Å². The number of thiazole rings is 1. The maximum atomic E-state index is 13.7. The van der Waals surface area contributed by atoms with E-state index in [4.69, 9.17) is 4.98 Å². The Labute approximate surface area is 212 Å². The zero-order chi connectivity index (χ0) is 23.5. The van der Waals surface area contributed by atoms with Crippen molar-refractivity contribution in [2.45, 2.75) is 27.2 Å². The lowest BCUT2D eigenvalue weighted by Gasteiger charge is -2.24. The predicted octanol–water partition coefficient (Wildman–Crippen LogP) is 6.39. The molecule has 180 valence electrons. The van der Waals surface area contributed by atoms with Crippen molar-refractivity contribution in [3.63, 3.8) is 0 Å². The number of carbonyl (C=O) groups excluding carboxylic acids is 1. The van der Waals surface area contributed by atoms with Crippen LogP contribution in [-0.4, -0.2) is 46.9 Å². The Morgan fingerprint density at radius 3 is 2.44 bits per heavy atom. The van der Waals surface area contributed by atoms with Crippen LogP contribution in [0, 0.1) is 10.1 Å². The molecule has 0 fully saturated rings. The second-order valence-electron chi connectivity index (χ2n) is 7.73. The molecule has 34 heavy (non-hydrogen) atoms. The van der Waals surface area contributed by atoms with E-state index in [2.05, 4.69) is 37.8 Å². The van der Waals surface area contributed by atoms with Crippen molar-refractivity contribution in [3.05, 3.63) is 63.0 Å². The van der Waals surface area contributed by atoms with E-state index in [-0.39, 0.29) is 24.0 Å². The molecule has 10 heteroatoms. The minimum absolute atomic E-state index is 0. The van der Waals surface area contributed by atoms with E-state index < -0.39 is 4.92 Å². The smallest absolute Gasteiger partial charge is 0.270 e. The number of nitro groups is 1. The number of nitrogens with zero attached hydrogens (tertiary/aromatic N) is 4. The highest BCUT2D eigenvalue weighted by molar-refractivity contribution is 7.23. The summed E-state index contributed by atoms with van der Waals surface area (Å²) < 4.78 is 1.92. The van der Waals surface area contributed by atoms with Gasteiger partial charge in [0, 0.05) is 35.3 Å². The molecule has 1 amide bonds. The number of halogens is 1. The summed E-state index contributed by atoms with van der Waals surface area (Å²) in [6.45, 7) is 9.42. The SMILES string of the molecule is CCc1ccc2nc(N(CCN(CC)CC)C(=O)c3cc4cc([N+](=O)[O-])ccc4s3)sc2c1.Cl. The van der Waals surface area contributed by atoms with Gasteiger partial charge in [-0.25, -0.2) is 4.98 Å². The number of amides is 1. The fraction of sp³-hybridized carbons (Fsp3) is 0.333. The van der Waals surface area contributed by atoms with Crippen LogP contribution < -0.4 is 4.90 Å². The monoisotopic (exact) mass is 518 g/mol. The van der Waals surface area contributed by atoms with Crippen LogP contribution >= 0.6 is 35.1 Å². The molecule has 4 rings (SSSR count). The van der Waals surface area contributed by atoms with E-state index in [0.717, 1.165) is 41.0 Å². The van der Waals surface area contributed by atoms with Gasteiger partial charge >= 0.3 is 0 Å². The van der Waals surface area contributed by atoms with Gasteiger partial charge in [-0.05, 0) is 49.3 Å². The number of benzene rings is 2. The summed E-state index contributed by atoms with van der Waals surface area (Å²) in [7, 11) is 0. The Kier molecular flexibility index (Phi) is 8.59. The molecule has 0 radical (unpaired) electrons. The standard InChI is InChI=1S/C24H26N4O3S2.ClH/c1-4-16-7-9-19-21(13-16)33-24(25-19)27(12-11-26(5-2)6-3)23(29)22-15-17-14-18(28(30)31)8-10-20(17)32-22;/h7-10,13-15H,4-6,11-12H2,1-3H3;1H. The van der Waals surface area contributed by atoms with Gasteiger partial charge in [0.15, 0.2) is 5.13 Å². The van der Waals surface area contributed by atoms with Crippen molar-refractivity contribution < 1.29 is 9.72 Å². The number of non-ortho nitro benzene ring substituents is 1. The molecule has 0 aliphatic rings. The van der Waals surface area contributed by atoms with Crippen molar-refractivity contribution in [1.82, 2.24) is 9.88 Å². The van der Waals surface area contributed by atoms with Gasteiger partial charge < -0.3 is 4.90 Å². The van der Waals surface area contributed by atoms with E-state index in [1.807, 2.05) is 6.07 Å². The minimum atomic E-state index is -0.416. The molecule has 0 aliphatic heterocycles. The lowest BCUT2D eigenvalue weighted by molar-refractivity contribution is -0.384. The Hall–Kier alpha value is -2.59. The summed E-state index contributed by atoms with van der Waals surface area (Å²) in [6.07, 6.45) is 0.946. The van der Waals surface area contributed by atoms with Crippen molar-refractivity contribution in [1.29, 1.82) is 0 Å². The number of anilines is 1. The highest BCUT2D eigenvalue weighted by Crippen LogP contribution is 2.34. The molecule has 7 nitrogen and oxygen atoms in total. The topological polar surface area (TPSA) is 79.6 Å². The first-order chi connectivity index (χ1) is 15.9. The number of fused-ring (bicyclic) bond motifs is 2. The number of nitro benzene ring substituents is 1. The largest absolute Gasteiger partial charge is 0.302 e. The van der Waals surface area contributed by atoms with E-state index in [9.17, 15) is 14.9 Å². The first-order valence-electron chi connectivity index (χ1n) is 11.0. The van der Waals surface area contributed by atoms with Gasteiger partial charge in [0.1, 0.15) is 0 Å². The molecule has 0 N–H and O–H groups in total. The molecule has 0 saturated heterocycles. The van der Waals surface area contributed by atoms with Crippen LogP contribution in [-0.2, 0) is 6.42 Å². The minimum Gasteiger partial charge on any atom is -0.302 e. The Morgan fingerprint density at radius 2 is 1.76 bits per heavy atom. The van der Waals surface area contributed by atoms with Crippen molar-refractivity contribution in [3.8, 4) is 0 Å². The van der Waals surface area contributed by atoms with Gasteiger partial charge in [-0.15, -0.1) is 23.7 Å². The third-order valence-corrected chi connectivity index (χ3v) is 7.93. The lowest BCUT2D eigenvalue weighted by Crippen LogP contribution is -2.38. The third-order valence-electron chi connectivity index (χ3n) is 5.78. The van der Waals surface area contributed by atoms with Crippen molar-refractivity contribution in [2.24, 2.45) is 0 Å². The molecular weight excluding hydrogens is 492 g/mol. The number of hydrogen-bond acceptors (Lipinski definition) is 7. The zero-order valence-corrected chi connectivity index (χ0v) is 21.8. The van der Waals surface area contributed by atoms with E-state index in [1.54, 1.807) is 17.0 Å². The molecular formula is C24H27ClN4O3S2. The summed E-state index contributed by atoms with van der Waals surface area (Å²) in [6, 6.07) is 12.7. The zero-order valence-electron chi connectivity index (χ0n) is 19.3. The van der Waals surface area contributed by atoms with E-state index >= 15 is 0 Å². The first-order valence-corrected chi connectivity index (χ1v) is 12.7. The summed E-state index contributed by atoms with van der Waals surface area (Å²) in [4.78, 5) is 33.8. The number of likely N-dealkylation sites (N-methyl/N-ethyl adjacent to an activating group) is 1. The summed E-state index contributed by atoms with van der Waals surface area (Å²) in [5.74, 6) is -0.124. The average molecular weight is 519 g/mol. The van der Waals surface area contributed by atoms with E-state index in [1.165, 1.54) is 40.4 Å². The Bertz CT molecular complexity index is 1320. The van der Waals surface area contributed by atoms with Crippen LogP contribution in [0.3, 0.4) is 0 Å². The van der Waals surface area contributed by atoms with Crippen LogP contribution in [0.4, 0.5) is 10.8 Å². The maximum Gasteiger partial charge on any atom is 0.270 e. The fourth-order valence-electron chi connectivity index (χ4n) is 3.74. The highest BCUT2D eigenvalue weighted by atomic mass is 35.5. The number of aryl methyl sites for hydroxylation is 1. The van der Waals surface area contributed by atoms with Crippen LogP contribution in [0.25, 0.3) is 20.3 Å². The van der Waals surface area contributed by atoms with E-state index in [0.29, 0.717) is 21.9 Å². The second kappa shape index (κ2) is 11.2. The molecule has 2 aromatic heterocycles. The normalized spacial score (nSPS) is 11.2. The average Bonchev–Trinajstić information content (AvgIpc) is 3.44. The molecule has 0 spiro atoms. The molecule has 0 atom stereocenters. The van der Waals surface area contributed by atoms with Gasteiger partial charge in [0.2, 0.25) is 0 Å². The molecule has 2 aromatic carbocycles. The Morgan fingerprint density at radius 1 is 1.00 bits per heavy atom. The fourth-order valence-corrected chi connectivity index (χ4v) is 5.79. The molecule has 0 aliphatic carbocycles. The molecule has 0 bridgehead atoms. The van der Waals surface area contributed by atoms with Crippen LogP contribution in [0.2, 0.25) is 0 Å². The van der Waals surface area contributed by atoms with Gasteiger partial charge in [-0.3, -0.25) is 19.8 Å². The van der Waals surface area contributed by atoms with Crippen LogP contribution in [0.1, 0.15) is 36.0 Å². The lowest BCUT2D eigenvalue weighted by atomic mass is 10.2. The van der Waals surface area contributed by atoms with Gasteiger partial charge in [0.25, 0.3) is 11.6 Å². The number of aromatic nitrogens is 1. The molecule has 0 saturated carbocycles. The van der Waals surface area contributed by atoms with Gasteiger partial charge in [-0.1, -0.05) is 38.2 Å². The van der Waals surface area contributed by atoms with Gasteiger partial charge in [0.05, 0.1) is 20.0 Å². The highest BCUT2D eigenvalue weighted by Gasteiger charge is 2.24. The number of rotatable bonds is 9. The van der Waals surface area contributed by atoms with Crippen LogP contribution in [0.5, 0.6) is 0 Å². The Balaban J connectivity index is 0.00000324. The second-order valence-corrected chi connectivity index (χ2v) is 9.82. The molecule has 4 aromatic rings. The summed E-state index contributed by atoms with van der Waals surface area (Å²) in [5.41, 5.74) is 2.15. The van der Waals surface area contributed by atoms with Crippen LogP contribution in [0.15, 0.2) is 42.5 Å². The number of thiophene rings is 1. The number of carbonyl (C=O) groups is 1. The first kappa shape index (κ1) is 26.0. The van der Waals surface area contributed by atoms with Crippen molar-refractivity contribution in [2.75, 3.05) is 31.1 Å². The predicted molar refractivity (Wildman–Crippen MR) is 144 cm³/mol. The molecule has 2 heterocycles. The molecule has 0 unspecified atom stereocenters. The summed E-state index contributed by atoms with van der Waals surface area (Å²) in [5, 5.41) is 12.5. The summed E-state index contributed by atoms with van der Waals surface area (Å²) >= 11 is 2.89. The van der Waals surface area contributed by atoms with Crippen molar-refractivity contribution >= 4 is 72.1 Å². The number of hydrogen-bond donors (Lipinski definition) is 0. The maximum absolute atomic E-state index is 13.7.